The summed E-state index contributed by atoms with van der Waals surface area (Å²) in [5.41, 5.74) is 0. The highest BCUT2D eigenvalue weighted by Gasteiger charge is 2.24. The average molecular weight is 219 g/mol. The molecule has 4 nitrogen and oxygen atoms in total. The molecule has 5 heteroatoms. The van der Waals surface area contributed by atoms with E-state index in [0.717, 1.165) is 12.3 Å². The second-order valence-electron chi connectivity index (χ2n) is 2.90. The van der Waals surface area contributed by atoms with Crippen LogP contribution in [0.5, 0.6) is 0 Å². The van der Waals surface area contributed by atoms with Crippen molar-refractivity contribution in [2.75, 3.05) is 32.1 Å². The zero-order chi connectivity index (χ0) is 10.4. The molecule has 0 aromatic heterocycles. The van der Waals surface area contributed by atoms with E-state index >= 15 is 0 Å². The fraction of sp³-hybridized carbons (Fsp3) is 0.889. The van der Waals surface area contributed by atoms with Gasteiger partial charge in [0.1, 0.15) is 0 Å². The van der Waals surface area contributed by atoms with Crippen LogP contribution in [0.3, 0.4) is 0 Å². The molecule has 1 saturated heterocycles. The Balaban J connectivity index is 2.33. The Labute approximate surface area is 88.9 Å². The summed E-state index contributed by atoms with van der Waals surface area (Å²) in [6.45, 7) is 6.42. The van der Waals surface area contributed by atoms with Gasteiger partial charge in [-0.05, 0) is 13.8 Å². The second kappa shape index (κ2) is 6.27. The molecule has 1 amide bonds. The minimum atomic E-state index is -0.271. The lowest BCUT2D eigenvalue weighted by atomic mass is 10.5. The highest BCUT2D eigenvalue weighted by molar-refractivity contribution is 8.13. The summed E-state index contributed by atoms with van der Waals surface area (Å²) in [5.74, 6) is 0.879. The molecule has 0 saturated carbocycles. The molecule has 0 aromatic rings. The van der Waals surface area contributed by atoms with Crippen LogP contribution in [-0.4, -0.2) is 48.5 Å². The van der Waals surface area contributed by atoms with Crippen LogP contribution in [-0.2, 0) is 9.47 Å². The van der Waals surface area contributed by atoms with E-state index in [1.807, 2.05) is 13.8 Å². The summed E-state index contributed by atoms with van der Waals surface area (Å²) in [6.07, 6.45) is -0.271. The zero-order valence-electron chi connectivity index (χ0n) is 8.69. The number of rotatable bonds is 6. The average Bonchev–Trinajstić information content (AvgIpc) is 2.53. The Morgan fingerprint density at radius 3 is 2.50 bits per heavy atom. The first kappa shape index (κ1) is 11.8. The third kappa shape index (κ3) is 3.48. The van der Waals surface area contributed by atoms with Crippen molar-refractivity contribution in [3.63, 3.8) is 0 Å². The molecule has 0 aromatic carbocycles. The second-order valence-corrected chi connectivity index (χ2v) is 3.95. The van der Waals surface area contributed by atoms with E-state index in [1.165, 1.54) is 11.8 Å². The number of hydrogen-bond acceptors (Lipinski definition) is 4. The molecule has 0 spiro atoms. The van der Waals surface area contributed by atoms with Crippen LogP contribution < -0.4 is 0 Å². The first-order valence-corrected chi connectivity index (χ1v) is 5.91. The van der Waals surface area contributed by atoms with E-state index in [1.54, 1.807) is 4.90 Å². The van der Waals surface area contributed by atoms with Crippen molar-refractivity contribution in [1.82, 2.24) is 4.90 Å². The number of carbonyl (C=O) groups is 1. The lowest BCUT2D eigenvalue weighted by Gasteiger charge is -2.22. The molecule has 0 unspecified atom stereocenters. The fourth-order valence-electron chi connectivity index (χ4n) is 1.30. The molecule has 1 fully saturated rings. The molecule has 0 atom stereocenters. The van der Waals surface area contributed by atoms with Crippen molar-refractivity contribution < 1.29 is 14.3 Å². The third-order valence-electron chi connectivity index (χ3n) is 1.92. The lowest BCUT2D eigenvalue weighted by Crippen LogP contribution is -2.35. The van der Waals surface area contributed by atoms with Crippen LogP contribution in [0.25, 0.3) is 0 Å². The minimum absolute atomic E-state index is 0.134. The van der Waals surface area contributed by atoms with Gasteiger partial charge < -0.3 is 14.4 Å². The van der Waals surface area contributed by atoms with Gasteiger partial charge in [-0.25, -0.2) is 0 Å². The van der Waals surface area contributed by atoms with Crippen molar-refractivity contribution in [3.05, 3.63) is 0 Å². The molecule has 0 aliphatic carbocycles. The van der Waals surface area contributed by atoms with Gasteiger partial charge in [-0.15, -0.1) is 0 Å². The van der Waals surface area contributed by atoms with Gasteiger partial charge in [-0.1, -0.05) is 11.8 Å². The quantitative estimate of drug-likeness (QED) is 0.635. The Kier molecular flexibility index (Phi) is 5.29. The SMILES string of the molecule is CCOC(CN1CCSC1=O)OCC. The fourth-order valence-corrected chi connectivity index (χ4v) is 2.13. The smallest absolute Gasteiger partial charge is 0.281 e. The summed E-state index contributed by atoms with van der Waals surface area (Å²) in [7, 11) is 0. The summed E-state index contributed by atoms with van der Waals surface area (Å²) in [6, 6.07) is 0. The maximum atomic E-state index is 11.3. The molecule has 82 valence electrons. The van der Waals surface area contributed by atoms with Gasteiger partial charge >= 0.3 is 0 Å². The summed E-state index contributed by atoms with van der Waals surface area (Å²) in [4.78, 5) is 13.1. The van der Waals surface area contributed by atoms with Crippen LogP contribution in [0.1, 0.15) is 13.8 Å². The van der Waals surface area contributed by atoms with Gasteiger partial charge in [-0.3, -0.25) is 4.79 Å². The van der Waals surface area contributed by atoms with Crippen molar-refractivity contribution in [2.24, 2.45) is 0 Å². The Bertz CT molecular complexity index is 183. The number of ether oxygens (including phenoxy) is 2. The minimum Gasteiger partial charge on any atom is -0.351 e. The molecule has 0 bridgehead atoms. The van der Waals surface area contributed by atoms with Gasteiger partial charge in [0, 0.05) is 25.5 Å². The van der Waals surface area contributed by atoms with Crippen LogP contribution >= 0.6 is 11.8 Å². The normalized spacial score (nSPS) is 17.1. The van der Waals surface area contributed by atoms with E-state index in [0.29, 0.717) is 19.8 Å². The van der Waals surface area contributed by atoms with Crippen molar-refractivity contribution in [3.8, 4) is 0 Å². The molecule has 0 N–H and O–H groups in total. The number of nitrogens with zero attached hydrogens (tertiary/aromatic N) is 1. The van der Waals surface area contributed by atoms with Crippen molar-refractivity contribution in [1.29, 1.82) is 0 Å². The molecule has 1 aliphatic rings. The van der Waals surface area contributed by atoms with Crippen LogP contribution in [0.4, 0.5) is 4.79 Å². The predicted octanol–water partition coefficient (Wildman–Crippen LogP) is 1.55. The topological polar surface area (TPSA) is 38.8 Å². The molecular weight excluding hydrogens is 202 g/mol. The largest absolute Gasteiger partial charge is 0.351 e. The number of amides is 1. The van der Waals surface area contributed by atoms with Gasteiger partial charge in [0.2, 0.25) is 0 Å². The van der Waals surface area contributed by atoms with E-state index in [-0.39, 0.29) is 11.5 Å². The zero-order valence-corrected chi connectivity index (χ0v) is 9.51. The lowest BCUT2D eigenvalue weighted by molar-refractivity contribution is -0.141. The number of carbonyl (C=O) groups excluding carboxylic acids is 1. The Hall–Kier alpha value is -0.260. The van der Waals surface area contributed by atoms with Gasteiger partial charge in [-0.2, -0.15) is 0 Å². The molecule has 1 rings (SSSR count). The first-order chi connectivity index (χ1) is 6.77. The number of thioether (sulfide) groups is 1. The summed E-state index contributed by atoms with van der Waals surface area (Å²) in [5, 5.41) is 0.134. The van der Waals surface area contributed by atoms with Gasteiger partial charge in [0.15, 0.2) is 6.29 Å². The molecule has 14 heavy (non-hydrogen) atoms. The van der Waals surface area contributed by atoms with Crippen LogP contribution in [0.15, 0.2) is 0 Å². The predicted molar refractivity (Wildman–Crippen MR) is 56.5 cm³/mol. The monoisotopic (exact) mass is 219 g/mol. The maximum Gasteiger partial charge on any atom is 0.281 e. The Morgan fingerprint density at radius 2 is 2.07 bits per heavy atom. The molecule has 0 radical (unpaired) electrons. The molecule has 1 aliphatic heterocycles. The first-order valence-electron chi connectivity index (χ1n) is 4.92. The number of hydrogen-bond donors (Lipinski definition) is 0. The van der Waals surface area contributed by atoms with Crippen LogP contribution in [0, 0.1) is 0 Å². The maximum absolute atomic E-state index is 11.3. The summed E-state index contributed by atoms with van der Waals surface area (Å²) >= 11 is 1.36. The van der Waals surface area contributed by atoms with Crippen molar-refractivity contribution >= 4 is 17.0 Å². The van der Waals surface area contributed by atoms with E-state index in [2.05, 4.69) is 0 Å². The standard InChI is InChI=1S/C9H17NO3S/c1-3-12-8(13-4-2)7-10-5-6-14-9(10)11/h8H,3-7H2,1-2H3. The third-order valence-corrected chi connectivity index (χ3v) is 2.81. The van der Waals surface area contributed by atoms with Gasteiger partial charge in [0.25, 0.3) is 5.24 Å². The Morgan fingerprint density at radius 1 is 1.43 bits per heavy atom. The van der Waals surface area contributed by atoms with Crippen molar-refractivity contribution in [2.45, 2.75) is 20.1 Å². The summed E-state index contributed by atoms with van der Waals surface area (Å²) < 4.78 is 10.7. The van der Waals surface area contributed by atoms with E-state index in [4.69, 9.17) is 9.47 Å². The highest BCUT2D eigenvalue weighted by Crippen LogP contribution is 2.17. The molecule has 1 heterocycles. The van der Waals surface area contributed by atoms with Crippen LogP contribution in [0.2, 0.25) is 0 Å². The van der Waals surface area contributed by atoms with E-state index < -0.39 is 0 Å². The van der Waals surface area contributed by atoms with Gasteiger partial charge in [0.05, 0.1) is 6.54 Å². The van der Waals surface area contributed by atoms with E-state index in [9.17, 15) is 4.79 Å². The molecular formula is C9H17NO3S. The highest BCUT2D eigenvalue weighted by atomic mass is 32.2.